The van der Waals surface area contributed by atoms with Crippen LogP contribution >= 0.6 is 11.8 Å². The fourth-order valence-electron chi connectivity index (χ4n) is 4.30. The van der Waals surface area contributed by atoms with Crippen LogP contribution in [-0.4, -0.2) is 28.9 Å². The van der Waals surface area contributed by atoms with Crippen LogP contribution in [0.4, 0.5) is 0 Å². The number of thioether (sulfide) groups is 1. The van der Waals surface area contributed by atoms with Crippen molar-refractivity contribution in [3.8, 4) is 5.75 Å². The first kappa shape index (κ1) is 21.7. The van der Waals surface area contributed by atoms with E-state index in [1.165, 1.54) is 24.6 Å². The van der Waals surface area contributed by atoms with E-state index in [0.29, 0.717) is 10.5 Å². The van der Waals surface area contributed by atoms with Crippen molar-refractivity contribution in [1.29, 1.82) is 0 Å². The number of hydrogen-bond acceptors (Lipinski definition) is 4. The molecule has 0 aromatic heterocycles. The van der Waals surface area contributed by atoms with Crippen LogP contribution in [0, 0.1) is 0 Å². The summed E-state index contributed by atoms with van der Waals surface area (Å²) in [7, 11) is 0. The first-order valence-electron chi connectivity index (χ1n) is 11.2. The van der Waals surface area contributed by atoms with Gasteiger partial charge in [0, 0.05) is 10.9 Å². The molecule has 1 aliphatic heterocycles. The van der Waals surface area contributed by atoms with Gasteiger partial charge in [-0.15, -0.1) is 0 Å². The lowest BCUT2D eigenvalue weighted by Gasteiger charge is -2.25. The van der Waals surface area contributed by atoms with Crippen molar-refractivity contribution < 1.29 is 14.3 Å². The summed E-state index contributed by atoms with van der Waals surface area (Å²) < 4.78 is 5.75. The van der Waals surface area contributed by atoms with E-state index in [4.69, 9.17) is 4.74 Å². The van der Waals surface area contributed by atoms with Crippen molar-refractivity contribution in [3.63, 3.8) is 0 Å². The van der Waals surface area contributed by atoms with Gasteiger partial charge in [-0.2, -0.15) is 0 Å². The molecule has 0 unspecified atom stereocenters. The van der Waals surface area contributed by atoms with Crippen LogP contribution in [0.3, 0.4) is 0 Å². The van der Waals surface area contributed by atoms with E-state index in [0.717, 1.165) is 41.9 Å². The summed E-state index contributed by atoms with van der Waals surface area (Å²) in [5.41, 5.74) is 1.28. The van der Waals surface area contributed by atoms with E-state index in [2.05, 4.69) is 0 Å². The van der Waals surface area contributed by atoms with Crippen LogP contribution in [-0.2, 0) is 9.59 Å². The highest BCUT2D eigenvalue weighted by atomic mass is 32.2. The van der Waals surface area contributed by atoms with E-state index in [1.54, 1.807) is 4.90 Å². The number of carbonyl (C=O) groups excluding carboxylic acids is 2. The molecule has 1 fully saturated rings. The Morgan fingerprint density at radius 3 is 2.13 bits per heavy atom. The van der Waals surface area contributed by atoms with Crippen molar-refractivity contribution in [3.05, 3.63) is 65.1 Å². The molecule has 0 N–H and O–H groups in total. The average Bonchev–Trinajstić information content (AvgIpc) is 2.93. The van der Waals surface area contributed by atoms with Crippen LogP contribution in [0.5, 0.6) is 5.75 Å². The first-order valence-corrected chi connectivity index (χ1v) is 12.0. The fraction of sp³-hybridized carbons (Fsp3) is 0.385. The lowest BCUT2D eigenvalue weighted by Crippen LogP contribution is -2.40. The SMILES string of the molecule is CC(C)Oc1ccc(C2=C(Sc3ccccc3)C(=O)N(C3CCCCCC3)C2=O)cc1. The van der Waals surface area contributed by atoms with E-state index in [1.807, 2.05) is 68.4 Å². The smallest absolute Gasteiger partial charge is 0.268 e. The van der Waals surface area contributed by atoms with Gasteiger partial charge in [0.25, 0.3) is 11.8 Å². The molecule has 2 aliphatic rings. The number of benzene rings is 2. The molecule has 0 radical (unpaired) electrons. The molecule has 5 heteroatoms. The summed E-state index contributed by atoms with van der Waals surface area (Å²) in [5, 5.41) is 0. The number of carbonyl (C=O) groups is 2. The van der Waals surface area contributed by atoms with Crippen molar-refractivity contribution in [2.24, 2.45) is 0 Å². The number of ether oxygens (including phenoxy) is 1. The Balaban J connectivity index is 1.70. The fourth-order valence-corrected chi connectivity index (χ4v) is 5.32. The van der Waals surface area contributed by atoms with E-state index >= 15 is 0 Å². The van der Waals surface area contributed by atoms with Crippen molar-refractivity contribution >= 4 is 29.1 Å². The summed E-state index contributed by atoms with van der Waals surface area (Å²) in [5.74, 6) is 0.449. The highest BCUT2D eigenvalue weighted by Gasteiger charge is 2.43. The zero-order valence-corrected chi connectivity index (χ0v) is 19.0. The Bertz CT molecular complexity index is 958. The molecule has 2 aromatic rings. The standard InChI is InChI=1S/C26H29NO3S/c1-18(2)30-21-16-14-19(15-17-21)23-24(31-22-12-8-5-9-13-22)26(29)27(25(23)28)20-10-6-3-4-7-11-20/h5,8-9,12-18,20H,3-4,6-7,10-11H2,1-2H3. The maximum atomic E-state index is 13.6. The van der Waals surface area contributed by atoms with Crippen molar-refractivity contribution in [1.82, 2.24) is 4.90 Å². The van der Waals surface area contributed by atoms with Gasteiger partial charge >= 0.3 is 0 Å². The third kappa shape index (κ3) is 4.87. The van der Waals surface area contributed by atoms with Gasteiger partial charge in [-0.25, -0.2) is 0 Å². The minimum absolute atomic E-state index is 0.00470. The highest BCUT2D eigenvalue weighted by Crippen LogP contribution is 2.42. The molecule has 4 nitrogen and oxygen atoms in total. The molecule has 0 atom stereocenters. The van der Waals surface area contributed by atoms with E-state index < -0.39 is 0 Å². The molecule has 0 bridgehead atoms. The molecule has 2 aromatic carbocycles. The maximum Gasteiger partial charge on any atom is 0.268 e. The van der Waals surface area contributed by atoms with Crippen LogP contribution in [0.25, 0.3) is 5.57 Å². The Kier molecular flexibility index (Phi) is 6.81. The lowest BCUT2D eigenvalue weighted by molar-refractivity contribution is -0.139. The number of hydrogen-bond donors (Lipinski definition) is 0. The van der Waals surface area contributed by atoms with Gasteiger partial charge in [0.2, 0.25) is 0 Å². The van der Waals surface area contributed by atoms with Gasteiger partial charge in [-0.3, -0.25) is 14.5 Å². The molecule has 0 spiro atoms. The van der Waals surface area contributed by atoms with E-state index in [9.17, 15) is 9.59 Å². The van der Waals surface area contributed by atoms with E-state index in [-0.39, 0.29) is 24.0 Å². The molecule has 31 heavy (non-hydrogen) atoms. The Morgan fingerprint density at radius 2 is 1.52 bits per heavy atom. The Morgan fingerprint density at radius 1 is 0.871 bits per heavy atom. The zero-order chi connectivity index (χ0) is 21.8. The first-order chi connectivity index (χ1) is 15.0. The second kappa shape index (κ2) is 9.73. The summed E-state index contributed by atoms with van der Waals surface area (Å²) in [6.07, 6.45) is 6.37. The molecule has 1 heterocycles. The molecular weight excluding hydrogens is 406 g/mol. The summed E-state index contributed by atoms with van der Waals surface area (Å²) in [4.78, 5) is 30.2. The third-order valence-corrected chi connectivity index (χ3v) is 6.83. The third-order valence-electron chi connectivity index (χ3n) is 5.74. The lowest BCUT2D eigenvalue weighted by atomic mass is 10.0. The number of nitrogens with zero attached hydrogens (tertiary/aromatic N) is 1. The van der Waals surface area contributed by atoms with Gasteiger partial charge in [0.05, 0.1) is 16.6 Å². The van der Waals surface area contributed by atoms with Gasteiger partial charge in [0.1, 0.15) is 5.75 Å². The molecular formula is C26H29NO3S. The summed E-state index contributed by atoms with van der Waals surface area (Å²) in [6.45, 7) is 3.96. The van der Waals surface area contributed by atoms with Gasteiger partial charge in [-0.05, 0) is 56.5 Å². The second-order valence-corrected chi connectivity index (χ2v) is 9.52. The number of imide groups is 1. The summed E-state index contributed by atoms with van der Waals surface area (Å²) in [6, 6.07) is 17.3. The number of amides is 2. The average molecular weight is 436 g/mol. The molecule has 1 saturated carbocycles. The van der Waals surface area contributed by atoms with Crippen molar-refractivity contribution in [2.75, 3.05) is 0 Å². The minimum Gasteiger partial charge on any atom is -0.491 e. The minimum atomic E-state index is -0.159. The maximum absolute atomic E-state index is 13.6. The van der Waals surface area contributed by atoms with Crippen LogP contribution < -0.4 is 4.74 Å². The van der Waals surface area contributed by atoms with Crippen LogP contribution in [0.2, 0.25) is 0 Å². The molecule has 0 saturated heterocycles. The van der Waals surface area contributed by atoms with Crippen molar-refractivity contribution in [2.45, 2.75) is 69.4 Å². The van der Waals surface area contributed by atoms with Crippen LogP contribution in [0.15, 0.2) is 64.4 Å². The van der Waals surface area contributed by atoms with Gasteiger partial charge in [0.15, 0.2) is 0 Å². The highest BCUT2D eigenvalue weighted by molar-refractivity contribution is 8.04. The topological polar surface area (TPSA) is 46.6 Å². The molecule has 4 rings (SSSR count). The molecule has 1 aliphatic carbocycles. The van der Waals surface area contributed by atoms with Gasteiger partial charge in [-0.1, -0.05) is 67.8 Å². The molecule has 2 amide bonds. The largest absolute Gasteiger partial charge is 0.491 e. The Labute approximate surface area is 188 Å². The predicted octanol–water partition coefficient (Wildman–Crippen LogP) is 6.07. The monoisotopic (exact) mass is 435 g/mol. The predicted molar refractivity (Wildman–Crippen MR) is 125 cm³/mol. The Hall–Kier alpha value is -2.53. The summed E-state index contributed by atoms with van der Waals surface area (Å²) >= 11 is 1.39. The second-order valence-electron chi connectivity index (χ2n) is 8.44. The van der Waals surface area contributed by atoms with Crippen LogP contribution in [0.1, 0.15) is 57.9 Å². The zero-order valence-electron chi connectivity index (χ0n) is 18.2. The number of rotatable bonds is 6. The normalized spacial score (nSPS) is 18.1. The van der Waals surface area contributed by atoms with Gasteiger partial charge < -0.3 is 4.74 Å². The molecule has 162 valence electrons. The quantitative estimate of drug-likeness (QED) is 0.408.